The molecule has 0 radical (unpaired) electrons. The molecular formula is C18H14N2O6. The fourth-order valence-electron chi connectivity index (χ4n) is 2.53. The Kier molecular flexibility index (Phi) is 4.40. The normalized spacial score (nSPS) is 10.5. The molecule has 0 aliphatic heterocycles. The van der Waals surface area contributed by atoms with E-state index in [1.807, 2.05) is 0 Å². The highest BCUT2D eigenvalue weighted by molar-refractivity contribution is 6.04. The molecule has 8 heteroatoms. The van der Waals surface area contributed by atoms with Crippen LogP contribution >= 0.6 is 0 Å². The minimum absolute atomic E-state index is 0.0948. The van der Waals surface area contributed by atoms with Crippen LogP contribution in [-0.2, 0) is 0 Å². The number of H-pyrrole nitrogens is 2. The molecule has 0 saturated heterocycles. The number of aromatic nitrogens is 2. The van der Waals surface area contributed by atoms with Crippen LogP contribution in [0.1, 0.15) is 34.6 Å². The number of oxazole rings is 2. The van der Waals surface area contributed by atoms with E-state index in [0.29, 0.717) is 33.3 Å². The van der Waals surface area contributed by atoms with Gasteiger partial charge in [0.05, 0.1) is 11.0 Å². The van der Waals surface area contributed by atoms with Crippen LogP contribution in [0.4, 0.5) is 0 Å². The molecule has 0 spiro atoms. The van der Waals surface area contributed by atoms with Crippen molar-refractivity contribution in [3.63, 3.8) is 0 Å². The highest BCUT2D eigenvalue weighted by atomic mass is 16.4. The highest BCUT2D eigenvalue weighted by Crippen LogP contribution is 2.15. The molecule has 0 amide bonds. The summed E-state index contributed by atoms with van der Waals surface area (Å²) >= 11 is 0. The summed E-state index contributed by atoms with van der Waals surface area (Å²) in [4.78, 5) is 48.8. The second-order valence-corrected chi connectivity index (χ2v) is 5.50. The smallest absolute Gasteiger partial charge is 0.408 e. The van der Waals surface area contributed by atoms with Crippen molar-refractivity contribution in [1.82, 2.24) is 9.97 Å². The number of aromatic amines is 2. The maximum atomic E-state index is 11.1. The molecule has 2 heterocycles. The molecule has 8 nitrogen and oxygen atoms in total. The van der Waals surface area contributed by atoms with Crippen LogP contribution in [0.5, 0.6) is 0 Å². The van der Waals surface area contributed by atoms with E-state index in [1.54, 1.807) is 36.4 Å². The van der Waals surface area contributed by atoms with Crippen LogP contribution in [-0.4, -0.2) is 21.5 Å². The number of benzene rings is 2. The van der Waals surface area contributed by atoms with Crippen molar-refractivity contribution in [1.29, 1.82) is 0 Å². The van der Waals surface area contributed by atoms with Gasteiger partial charge in [0.2, 0.25) is 0 Å². The van der Waals surface area contributed by atoms with Gasteiger partial charge in [-0.2, -0.15) is 0 Å². The van der Waals surface area contributed by atoms with Crippen molar-refractivity contribution in [2.24, 2.45) is 0 Å². The van der Waals surface area contributed by atoms with Gasteiger partial charge in [-0.3, -0.25) is 19.6 Å². The van der Waals surface area contributed by atoms with E-state index in [4.69, 9.17) is 8.83 Å². The van der Waals surface area contributed by atoms with E-state index >= 15 is 0 Å². The van der Waals surface area contributed by atoms with Gasteiger partial charge in [-0.15, -0.1) is 0 Å². The summed E-state index contributed by atoms with van der Waals surface area (Å²) in [5.41, 5.74) is 2.72. The minimum atomic E-state index is -0.538. The number of hydrogen-bond donors (Lipinski definition) is 2. The molecule has 0 fully saturated rings. The predicted octanol–water partition coefficient (Wildman–Crippen LogP) is 2.65. The molecule has 0 aliphatic rings. The summed E-state index contributed by atoms with van der Waals surface area (Å²) in [6.07, 6.45) is 0. The van der Waals surface area contributed by atoms with Gasteiger partial charge < -0.3 is 8.83 Å². The monoisotopic (exact) mass is 354 g/mol. The quantitative estimate of drug-likeness (QED) is 0.533. The molecule has 2 N–H and O–H groups in total. The maximum Gasteiger partial charge on any atom is 0.417 e. The molecule has 2 aromatic carbocycles. The minimum Gasteiger partial charge on any atom is -0.408 e. The second kappa shape index (κ2) is 6.67. The Bertz CT molecular complexity index is 1140. The van der Waals surface area contributed by atoms with Gasteiger partial charge in [0.25, 0.3) is 0 Å². The molecule has 132 valence electrons. The molecule has 0 atom stereocenters. The summed E-state index contributed by atoms with van der Waals surface area (Å²) in [5, 5.41) is 0. The van der Waals surface area contributed by atoms with Crippen molar-refractivity contribution >= 4 is 33.8 Å². The summed E-state index contributed by atoms with van der Waals surface area (Å²) in [6.45, 7) is 2.89. The van der Waals surface area contributed by atoms with Crippen LogP contribution in [0.25, 0.3) is 22.2 Å². The summed E-state index contributed by atoms with van der Waals surface area (Å²) < 4.78 is 9.59. The van der Waals surface area contributed by atoms with Gasteiger partial charge in [0.1, 0.15) is 0 Å². The first-order chi connectivity index (χ1) is 12.4. The predicted molar refractivity (Wildman–Crippen MR) is 93.7 cm³/mol. The van der Waals surface area contributed by atoms with Crippen molar-refractivity contribution in [3.8, 4) is 0 Å². The van der Waals surface area contributed by atoms with E-state index in [-0.39, 0.29) is 11.6 Å². The van der Waals surface area contributed by atoms with Gasteiger partial charge in [-0.25, -0.2) is 9.59 Å². The van der Waals surface area contributed by atoms with E-state index in [0.717, 1.165) is 0 Å². The fraction of sp³-hybridized carbons (Fsp3) is 0.111. The number of ketones is 2. The zero-order valence-electron chi connectivity index (χ0n) is 13.9. The highest BCUT2D eigenvalue weighted by Gasteiger charge is 2.09. The Balaban J connectivity index is 0.000000151. The zero-order chi connectivity index (χ0) is 18.8. The topological polar surface area (TPSA) is 126 Å². The SMILES string of the molecule is CC(=O)c1cccc2oc(=O)[nH]c12.CC(=O)c1cccc2oc(=O)[nH]c12. The van der Waals surface area contributed by atoms with Gasteiger partial charge in [0.15, 0.2) is 22.7 Å². The summed E-state index contributed by atoms with van der Waals surface area (Å²) in [6, 6.07) is 9.93. The lowest BCUT2D eigenvalue weighted by Gasteiger charge is -1.94. The maximum absolute atomic E-state index is 11.1. The third kappa shape index (κ3) is 3.25. The van der Waals surface area contributed by atoms with Crippen LogP contribution < -0.4 is 11.5 Å². The van der Waals surface area contributed by atoms with Crippen LogP contribution in [0.15, 0.2) is 54.8 Å². The third-order valence-electron chi connectivity index (χ3n) is 3.67. The molecule has 26 heavy (non-hydrogen) atoms. The lowest BCUT2D eigenvalue weighted by Crippen LogP contribution is -1.97. The number of Topliss-reactive ketones (excluding diaryl/α,β-unsaturated/α-hetero) is 2. The average Bonchev–Trinajstić information content (AvgIpc) is 3.14. The van der Waals surface area contributed by atoms with E-state index in [2.05, 4.69) is 9.97 Å². The molecule has 4 rings (SSSR count). The lowest BCUT2D eigenvalue weighted by atomic mass is 10.1. The fourth-order valence-corrected chi connectivity index (χ4v) is 2.53. The van der Waals surface area contributed by atoms with Crippen LogP contribution in [0.2, 0.25) is 0 Å². The number of hydrogen-bond acceptors (Lipinski definition) is 6. The Morgan fingerprint density at radius 1 is 0.731 bits per heavy atom. The van der Waals surface area contributed by atoms with Gasteiger partial charge >= 0.3 is 11.5 Å². The van der Waals surface area contributed by atoms with Crippen molar-refractivity contribution < 1.29 is 18.4 Å². The van der Waals surface area contributed by atoms with Crippen LogP contribution in [0.3, 0.4) is 0 Å². The second-order valence-electron chi connectivity index (χ2n) is 5.50. The number of para-hydroxylation sites is 2. The van der Waals surface area contributed by atoms with Gasteiger partial charge in [-0.05, 0) is 38.1 Å². The first-order valence-corrected chi connectivity index (χ1v) is 7.62. The Morgan fingerprint density at radius 2 is 1.12 bits per heavy atom. The van der Waals surface area contributed by atoms with Crippen molar-refractivity contribution in [2.75, 3.05) is 0 Å². The van der Waals surface area contributed by atoms with Gasteiger partial charge in [0, 0.05) is 11.1 Å². The Hall–Kier alpha value is -3.68. The van der Waals surface area contributed by atoms with E-state index in [1.165, 1.54) is 13.8 Å². The molecule has 0 saturated carbocycles. The van der Waals surface area contributed by atoms with Gasteiger partial charge in [-0.1, -0.05) is 12.1 Å². The first kappa shape index (κ1) is 17.2. The number of fused-ring (bicyclic) bond motifs is 2. The number of carbonyl (C=O) groups excluding carboxylic acids is 2. The first-order valence-electron chi connectivity index (χ1n) is 7.62. The Labute approximate surface area is 145 Å². The summed E-state index contributed by atoms with van der Waals surface area (Å²) in [5.74, 6) is -1.27. The third-order valence-corrected chi connectivity index (χ3v) is 3.67. The van der Waals surface area contributed by atoms with E-state index < -0.39 is 11.5 Å². The Morgan fingerprint density at radius 3 is 1.46 bits per heavy atom. The molecule has 4 aromatic rings. The van der Waals surface area contributed by atoms with Crippen molar-refractivity contribution in [3.05, 3.63) is 68.6 Å². The molecule has 0 bridgehead atoms. The average molecular weight is 354 g/mol. The molecule has 0 aliphatic carbocycles. The van der Waals surface area contributed by atoms with Crippen molar-refractivity contribution in [2.45, 2.75) is 13.8 Å². The largest absolute Gasteiger partial charge is 0.417 e. The van der Waals surface area contributed by atoms with E-state index in [9.17, 15) is 19.2 Å². The zero-order valence-corrected chi connectivity index (χ0v) is 13.9. The standard InChI is InChI=1S/2C9H7NO3/c2*1-5(11)6-3-2-4-7-8(6)10-9(12)13-7/h2*2-4H,1H3,(H,10,12). The molecule has 0 unspecified atom stereocenters. The molecular weight excluding hydrogens is 340 g/mol. The number of rotatable bonds is 2. The number of nitrogens with one attached hydrogen (secondary N) is 2. The number of carbonyl (C=O) groups is 2. The van der Waals surface area contributed by atoms with Crippen LogP contribution in [0, 0.1) is 0 Å². The summed E-state index contributed by atoms with van der Waals surface area (Å²) in [7, 11) is 0. The lowest BCUT2D eigenvalue weighted by molar-refractivity contribution is 0.101. The molecule has 2 aromatic heterocycles.